The van der Waals surface area contributed by atoms with Gasteiger partial charge in [0.1, 0.15) is 16.0 Å². The van der Waals surface area contributed by atoms with E-state index in [4.69, 9.17) is 10.2 Å². The van der Waals surface area contributed by atoms with E-state index in [-0.39, 0.29) is 5.78 Å². The minimum absolute atomic E-state index is 0.157. The van der Waals surface area contributed by atoms with Crippen molar-refractivity contribution in [3.05, 3.63) is 35.2 Å². The number of carbonyl (C=O) groups is 2. The Hall–Kier alpha value is -2.12. The van der Waals surface area contributed by atoms with Gasteiger partial charge in [0.15, 0.2) is 5.78 Å². The number of hydrogen-bond donors (Lipinski definition) is 2. The third kappa shape index (κ3) is 2.13. The van der Waals surface area contributed by atoms with Gasteiger partial charge in [-0.3, -0.25) is 9.59 Å². The molecule has 2 unspecified atom stereocenters. The summed E-state index contributed by atoms with van der Waals surface area (Å²) in [6, 6.07) is 2.69. The van der Waals surface area contributed by atoms with E-state index < -0.39 is 17.3 Å². The largest absolute Gasteiger partial charge is 0.480 e. The first-order chi connectivity index (χ1) is 10.4. The first-order valence-electron chi connectivity index (χ1n) is 6.66. The zero-order valence-corrected chi connectivity index (χ0v) is 12.8. The first kappa shape index (κ1) is 14.8. The molecule has 0 saturated carbocycles. The fraction of sp³-hybridized carbons (Fsp3) is 0.267. The number of carboxylic acid groups (broad SMARTS) is 1. The van der Waals surface area contributed by atoms with Gasteiger partial charge in [-0.1, -0.05) is 11.8 Å². The van der Waals surface area contributed by atoms with Crippen molar-refractivity contribution in [3.8, 4) is 11.3 Å². The van der Waals surface area contributed by atoms with Crippen molar-refractivity contribution in [2.75, 3.05) is 0 Å². The lowest BCUT2D eigenvalue weighted by atomic mass is 9.92. The van der Waals surface area contributed by atoms with Crippen molar-refractivity contribution >= 4 is 23.5 Å². The molecule has 0 fully saturated rings. The molecule has 0 spiro atoms. The van der Waals surface area contributed by atoms with Gasteiger partial charge in [0.2, 0.25) is 0 Å². The van der Waals surface area contributed by atoms with Crippen LogP contribution in [0.2, 0.25) is 0 Å². The summed E-state index contributed by atoms with van der Waals surface area (Å²) in [6.07, 6.45) is 1.50. The van der Waals surface area contributed by atoms with Crippen LogP contribution in [0.1, 0.15) is 34.6 Å². The second-order valence-corrected chi connectivity index (χ2v) is 6.23. The lowest BCUT2D eigenvalue weighted by Gasteiger charge is -2.16. The van der Waals surface area contributed by atoms with Crippen LogP contribution in [-0.2, 0) is 4.79 Å². The number of ketones is 1. The van der Waals surface area contributed by atoms with Gasteiger partial charge in [-0.05, 0) is 26.0 Å². The van der Waals surface area contributed by atoms with Crippen LogP contribution in [0.5, 0.6) is 0 Å². The third-order valence-corrected chi connectivity index (χ3v) is 4.93. The molecule has 22 heavy (non-hydrogen) atoms. The zero-order valence-electron chi connectivity index (χ0n) is 12.0. The number of Topliss-reactive ketones (excluding diaryl/α,β-unsaturated/α-hetero) is 1. The number of carboxylic acids is 1. The fourth-order valence-electron chi connectivity index (χ4n) is 2.75. The van der Waals surface area contributed by atoms with Gasteiger partial charge >= 0.3 is 5.97 Å². The molecule has 0 aliphatic carbocycles. The first-order valence-corrected chi connectivity index (χ1v) is 7.54. The summed E-state index contributed by atoms with van der Waals surface area (Å²) < 4.78 is 5.44. The Kier molecular flexibility index (Phi) is 3.54. The second-order valence-electron chi connectivity index (χ2n) is 5.10. The van der Waals surface area contributed by atoms with E-state index in [9.17, 15) is 14.7 Å². The molecule has 0 amide bonds. The van der Waals surface area contributed by atoms with Crippen molar-refractivity contribution in [2.45, 2.75) is 30.2 Å². The minimum Gasteiger partial charge on any atom is -0.480 e. The molecule has 7 heteroatoms. The van der Waals surface area contributed by atoms with Gasteiger partial charge in [0.25, 0.3) is 0 Å². The predicted octanol–water partition coefficient (Wildman–Crippen LogP) is 2.41. The molecule has 0 aromatic carbocycles. The number of nitrogens with zero attached hydrogens (tertiary/aromatic N) is 1. The number of rotatable bonds is 3. The Balaban J connectivity index is 2.32. The summed E-state index contributed by atoms with van der Waals surface area (Å²) in [5.74, 6) is -0.660. The number of fused-ring (bicyclic) bond motifs is 1. The molecule has 2 aromatic heterocycles. The summed E-state index contributed by atoms with van der Waals surface area (Å²) in [6.45, 7) is 3.18. The van der Waals surface area contributed by atoms with Crippen LogP contribution in [0, 0.1) is 6.92 Å². The Labute approximate surface area is 130 Å². The van der Waals surface area contributed by atoms with Crippen molar-refractivity contribution in [1.29, 1.82) is 0 Å². The molecule has 3 rings (SSSR count). The van der Waals surface area contributed by atoms with Crippen LogP contribution in [0.4, 0.5) is 0 Å². The number of pyridine rings is 1. The minimum atomic E-state index is -0.997. The highest BCUT2D eigenvalue weighted by molar-refractivity contribution is 8.00. The average molecular weight is 318 g/mol. The molecule has 0 saturated heterocycles. The summed E-state index contributed by atoms with van der Waals surface area (Å²) in [5, 5.41) is 9.03. The highest BCUT2D eigenvalue weighted by Gasteiger charge is 2.41. The van der Waals surface area contributed by atoms with Crippen LogP contribution in [0.3, 0.4) is 0 Å². The van der Waals surface area contributed by atoms with Crippen molar-refractivity contribution < 1.29 is 19.1 Å². The van der Waals surface area contributed by atoms with Crippen molar-refractivity contribution in [3.63, 3.8) is 0 Å². The van der Waals surface area contributed by atoms with Gasteiger partial charge in [0.05, 0.1) is 18.0 Å². The predicted molar refractivity (Wildman–Crippen MR) is 80.9 cm³/mol. The summed E-state index contributed by atoms with van der Waals surface area (Å²) in [7, 11) is 0. The Morgan fingerprint density at radius 2 is 2.18 bits per heavy atom. The number of thioether (sulfide) groups is 1. The smallest absolute Gasteiger partial charge is 0.319 e. The van der Waals surface area contributed by atoms with Crippen molar-refractivity contribution in [2.24, 2.45) is 5.73 Å². The fourth-order valence-corrected chi connectivity index (χ4v) is 3.93. The van der Waals surface area contributed by atoms with Crippen LogP contribution >= 0.6 is 11.8 Å². The van der Waals surface area contributed by atoms with Crippen LogP contribution < -0.4 is 5.73 Å². The van der Waals surface area contributed by atoms with E-state index in [1.807, 2.05) is 0 Å². The molecular formula is C15H14N2O4S. The lowest BCUT2D eigenvalue weighted by Crippen LogP contribution is -2.27. The van der Waals surface area contributed by atoms with E-state index in [0.717, 1.165) is 11.8 Å². The lowest BCUT2D eigenvalue weighted by molar-refractivity contribution is -0.136. The van der Waals surface area contributed by atoms with Gasteiger partial charge in [-0.25, -0.2) is 4.98 Å². The van der Waals surface area contributed by atoms with Gasteiger partial charge in [-0.2, -0.15) is 0 Å². The molecular weight excluding hydrogens is 304 g/mol. The summed E-state index contributed by atoms with van der Waals surface area (Å²) >= 11 is 1.11. The Bertz CT molecular complexity index is 770. The molecule has 1 aliphatic heterocycles. The number of hydrogen-bond acceptors (Lipinski definition) is 6. The maximum atomic E-state index is 12.1. The van der Waals surface area contributed by atoms with Gasteiger partial charge < -0.3 is 15.3 Å². The number of aryl methyl sites for hydroxylation is 1. The molecule has 3 heterocycles. The number of aromatic nitrogens is 1. The third-order valence-electron chi connectivity index (χ3n) is 3.64. The van der Waals surface area contributed by atoms with E-state index in [2.05, 4.69) is 4.98 Å². The number of nitrogens with two attached hydrogens (primary N) is 1. The molecule has 1 aliphatic rings. The van der Waals surface area contributed by atoms with Crippen LogP contribution in [0.15, 0.2) is 27.8 Å². The average Bonchev–Trinajstić information content (AvgIpc) is 3.05. The van der Waals surface area contributed by atoms with E-state index in [0.29, 0.717) is 33.2 Å². The van der Waals surface area contributed by atoms with Crippen molar-refractivity contribution in [1.82, 2.24) is 4.98 Å². The number of aliphatic carboxylic acids is 1. The molecule has 2 aromatic rings. The topological polar surface area (TPSA) is 106 Å². The molecule has 0 bridgehead atoms. The summed E-state index contributed by atoms with van der Waals surface area (Å²) in [5.41, 5.74) is 8.23. The second kappa shape index (κ2) is 5.26. The Morgan fingerprint density at radius 1 is 1.45 bits per heavy atom. The standard InChI is InChI=1S/C15H14N2O4S/c1-6-9(7(2)18)10(8-4-3-5-21-8)11-12(16)13(15(19)20)22-14(11)17-6/h3-5,12-13H,16H2,1-2H3,(H,19,20). The maximum absolute atomic E-state index is 12.1. The monoisotopic (exact) mass is 318 g/mol. The molecule has 3 N–H and O–H groups in total. The SMILES string of the molecule is CC(=O)c1c(C)nc2c(c1-c1ccco1)C(N)C(C(=O)O)S2. The quantitative estimate of drug-likeness (QED) is 0.837. The highest BCUT2D eigenvalue weighted by Crippen LogP contribution is 2.48. The molecule has 0 radical (unpaired) electrons. The maximum Gasteiger partial charge on any atom is 0.319 e. The zero-order chi connectivity index (χ0) is 16.0. The number of furan rings is 1. The Morgan fingerprint density at radius 3 is 2.73 bits per heavy atom. The number of carbonyl (C=O) groups excluding carboxylic acids is 1. The molecule has 114 valence electrons. The van der Waals surface area contributed by atoms with E-state index >= 15 is 0 Å². The van der Waals surface area contributed by atoms with Crippen LogP contribution in [-0.4, -0.2) is 27.1 Å². The van der Waals surface area contributed by atoms with E-state index in [1.54, 1.807) is 19.1 Å². The van der Waals surface area contributed by atoms with Gasteiger partial charge in [0, 0.05) is 16.7 Å². The van der Waals surface area contributed by atoms with E-state index in [1.165, 1.54) is 13.2 Å². The normalized spacial score (nSPS) is 20.0. The molecule has 6 nitrogen and oxygen atoms in total. The summed E-state index contributed by atoms with van der Waals surface area (Å²) in [4.78, 5) is 27.8. The highest BCUT2D eigenvalue weighted by atomic mass is 32.2. The molecule has 2 atom stereocenters. The van der Waals surface area contributed by atoms with Crippen LogP contribution in [0.25, 0.3) is 11.3 Å². The van der Waals surface area contributed by atoms with Gasteiger partial charge in [-0.15, -0.1) is 0 Å².